The number of aliphatic hydroxyl groups is 1. The van der Waals surface area contributed by atoms with Crippen molar-refractivity contribution in [2.45, 2.75) is 37.2 Å². The Morgan fingerprint density at radius 3 is 2.72 bits per heavy atom. The van der Waals surface area contributed by atoms with E-state index < -0.39 is 6.10 Å². The number of nitrogens with zero attached hydrogens (tertiary/aromatic N) is 1. The van der Waals surface area contributed by atoms with Crippen LogP contribution in [-0.4, -0.2) is 25.1 Å². The molecular weight excluding hydrogens is 298 g/mol. The van der Waals surface area contributed by atoms with Crippen LogP contribution in [0.5, 0.6) is 0 Å². The predicted molar refractivity (Wildman–Crippen MR) is 67.6 cm³/mol. The zero-order valence-corrected chi connectivity index (χ0v) is 13.1. The van der Waals surface area contributed by atoms with E-state index in [9.17, 15) is 5.11 Å². The summed E-state index contributed by atoms with van der Waals surface area (Å²) in [6.45, 7) is 7.15. The summed E-state index contributed by atoms with van der Waals surface area (Å²) < 4.78 is 0. The maximum Gasteiger partial charge on any atom is 0.228 e. The van der Waals surface area contributed by atoms with Gasteiger partial charge >= 0.3 is 0 Å². The van der Waals surface area contributed by atoms with Gasteiger partial charge in [0.1, 0.15) is 0 Å². The largest absolute Gasteiger partial charge is 0.393 e. The average molecular weight is 313 g/mol. The molecule has 0 aliphatic heterocycles. The SMILES string of the molecule is [B]C1C(O)CC([N+]#[C-])C1CCc1cc[c-]cc1.[Y]. The van der Waals surface area contributed by atoms with Gasteiger partial charge in [0, 0.05) is 45.0 Å². The Hall–Kier alpha value is -0.161. The summed E-state index contributed by atoms with van der Waals surface area (Å²) in [5.74, 6) is -0.129. The third-order valence-corrected chi connectivity index (χ3v) is 3.64. The fraction of sp³-hybridized carbons (Fsp3) is 0.500. The van der Waals surface area contributed by atoms with Crippen molar-refractivity contribution in [1.82, 2.24) is 0 Å². The van der Waals surface area contributed by atoms with Gasteiger partial charge < -0.3 is 9.95 Å². The fourth-order valence-electron chi connectivity index (χ4n) is 2.58. The first-order valence-electron chi connectivity index (χ1n) is 5.97. The van der Waals surface area contributed by atoms with Crippen LogP contribution in [0.3, 0.4) is 0 Å². The molecule has 1 saturated carbocycles. The summed E-state index contributed by atoms with van der Waals surface area (Å²) in [6.07, 6.45) is 1.79. The molecule has 4 atom stereocenters. The molecule has 1 fully saturated rings. The normalized spacial score (nSPS) is 30.4. The van der Waals surface area contributed by atoms with Crippen molar-refractivity contribution in [1.29, 1.82) is 0 Å². The molecule has 0 saturated heterocycles. The third kappa shape index (κ3) is 3.67. The molecule has 0 bridgehead atoms. The average Bonchev–Trinajstić information content (AvgIpc) is 2.64. The minimum absolute atomic E-state index is 0. The molecule has 2 rings (SSSR count). The Bertz CT molecular complexity index is 406. The monoisotopic (exact) mass is 313 g/mol. The van der Waals surface area contributed by atoms with Crippen LogP contribution in [0, 0.1) is 18.6 Å². The van der Waals surface area contributed by atoms with Gasteiger partial charge in [-0.25, -0.2) is 6.57 Å². The maximum atomic E-state index is 9.69. The van der Waals surface area contributed by atoms with E-state index >= 15 is 0 Å². The molecule has 1 aromatic carbocycles. The molecule has 1 aliphatic carbocycles. The minimum Gasteiger partial charge on any atom is -0.393 e. The summed E-state index contributed by atoms with van der Waals surface area (Å²) >= 11 is 0. The molecule has 0 aromatic heterocycles. The van der Waals surface area contributed by atoms with Crippen LogP contribution in [0.25, 0.3) is 4.85 Å². The number of aryl methyl sites for hydroxylation is 1. The quantitative estimate of drug-likeness (QED) is 0.670. The zero-order valence-electron chi connectivity index (χ0n) is 10.3. The van der Waals surface area contributed by atoms with Crippen molar-refractivity contribution < 1.29 is 37.8 Å². The Morgan fingerprint density at radius 2 is 2.11 bits per heavy atom. The van der Waals surface area contributed by atoms with E-state index in [1.807, 2.05) is 24.3 Å². The summed E-state index contributed by atoms with van der Waals surface area (Å²) in [6, 6.07) is 10.7. The molecule has 0 spiro atoms. The molecule has 0 heterocycles. The van der Waals surface area contributed by atoms with Crippen molar-refractivity contribution in [2.75, 3.05) is 0 Å². The standard InChI is InChI=1S/C14H15BNO.Y/c1-16-12-9-13(17)14(15)11(12)8-7-10-5-3-2-4-6-10;/h3-6,11-14,17H,7-9H2;/q-1;. The van der Waals surface area contributed by atoms with Crippen molar-refractivity contribution in [3.8, 4) is 0 Å². The molecule has 1 N–H and O–H groups in total. The maximum absolute atomic E-state index is 9.69. The van der Waals surface area contributed by atoms with Crippen LogP contribution in [0.2, 0.25) is 5.82 Å². The van der Waals surface area contributed by atoms with Gasteiger partial charge in [0.05, 0.1) is 14.0 Å². The molecule has 4 unspecified atom stereocenters. The van der Waals surface area contributed by atoms with E-state index in [1.54, 1.807) is 0 Å². The second kappa shape index (κ2) is 7.43. The van der Waals surface area contributed by atoms with Gasteiger partial charge in [-0.1, -0.05) is 0 Å². The molecule has 3 radical (unpaired) electrons. The Kier molecular flexibility index (Phi) is 6.56. The Balaban J connectivity index is 0.00000162. The van der Waals surface area contributed by atoms with Crippen molar-refractivity contribution >= 4 is 7.85 Å². The van der Waals surface area contributed by atoms with Crippen LogP contribution in [0.4, 0.5) is 0 Å². The Morgan fingerprint density at radius 1 is 1.44 bits per heavy atom. The van der Waals surface area contributed by atoms with Gasteiger partial charge in [0.2, 0.25) is 6.04 Å². The van der Waals surface area contributed by atoms with Gasteiger partial charge in [-0.05, 0) is 18.7 Å². The second-order valence-corrected chi connectivity index (χ2v) is 4.69. The van der Waals surface area contributed by atoms with Gasteiger partial charge in [0.25, 0.3) is 0 Å². The summed E-state index contributed by atoms with van der Waals surface area (Å²) in [5, 5.41) is 9.69. The molecule has 4 heteroatoms. The van der Waals surface area contributed by atoms with Crippen molar-refractivity contribution in [3.05, 3.63) is 47.3 Å². The van der Waals surface area contributed by atoms with Crippen LogP contribution in [0.15, 0.2) is 24.3 Å². The summed E-state index contributed by atoms with van der Waals surface area (Å²) in [5.41, 5.74) is 1.24. The van der Waals surface area contributed by atoms with E-state index in [-0.39, 0.29) is 50.5 Å². The van der Waals surface area contributed by atoms with E-state index in [1.165, 1.54) is 5.56 Å². The molecule has 2 nitrogen and oxygen atoms in total. The zero-order chi connectivity index (χ0) is 12.3. The number of aliphatic hydroxyl groups excluding tert-OH is 1. The van der Waals surface area contributed by atoms with Crippen molar-refractivity contribution in [3.63, 3.8) is 0 Å². The van der Waals surface area contributed by atoms with Gasteiger partial charge in [-0.15, -0.1) is 0 Å². The van der Waals surface area contributed by atoms with E-state index in [0.29, 0.717) is 6.42 Å². The van der Waals surface area contributed by atoms with Gasteiger partial charge in [0.15, 0.2) is 0 Å². The number of benzene rings is 1. The number of rotatable bonds is 3. The molecule has 18 heavy (non-hydrogen) atoms. The van der Waals surface area contributed by atoms with Crippen molar-refractivity contribution in [2.24, 2.45) is 5.92 Å². The predicted octanol–water partition coefficient (Wildman–Crippen LogP) is 2.04. The summed E-state index contributed by atoms with van der Waals surface area (Å²) in [7, 11) is 5.95. The van der Waals surface area contributed by atoms with Crippen LogP contribution in [-0.2, 0) is 39.1 Å². The first-order valence-corrected chi connectivity index (χ1v) is 5.97. The third-order valence-electron chi connectivity index (χ3n) is 3.64. The molecule has 89 valence electrons. The fourth-order valence-corrected chi connectivity index (χ4v) is 2.58. The first-order chi connectivity index (χ1) is 8.22. The second-order valence-electron chi connectivity index (χ2n) is 4.69. The van der Waals surface area contributed by atoms with Crippen LogP contribution >= 0.6 is 0 Å². The molecule has 1 aliphatic rings. The molecule has 0 amide bonds. The minimum atomic E-state index is -0.511. The van der Waals surface area contributed by atoms with Gasteiger partial charge in [-0.2, -0.15) is 35.9 Å². The van der Waals surface area contributed by atoms with Crippen LogP contribution < -0.4 is 0 Å². The van der Waals surface area contributed by atoms with Crippen LogP contribution in [0.1, 0.15) is 18.4 Å². The summed E-state index contributed by atoms with van der Waals surface area (Å²) in [4.78, 5) is 3.59. The molecule has 1 aromatic rings. The Labute approximate surface area is 135 Å². The first kappa shape index (κ1) is 15.9. The molecular formula is C14H15BNOY-. The number of hydrogen-bond donors (Lipinski definition) is 1. The van der Waals surface area contributed by atoms with Gasteiger partial charge in [-0.3, -0.25) is 0 Å². The van der Waals surface area contributed by atoms with E-state index in [0.717, 1.165) is 12.8 Å². The van der Waals surface area contributed by atoms with E-state index in [2.05, 4.69) is 10.9 Å². The smallest absolute Gasteiger partial charge is 0.228 e. The number of hydrogen-bond acceptors (Lipinski definition) is 1. The van der Waals surface area contributed by atoms with E-state index in [4.69, 9.17) is 14.4 Å². The topological polar surface area (TPSA) is 24.6 Å².